The minimum absolute atomic E-state index is 0.0289. The zero-order valence-corrected chi connectivity index (χ0v) is 10.7. The van der Waals surface area contributed by atoms with Crippen LogP contribution in [0.3, 0.4) is 0 Å². The van der Waals surface area contributed by atoms with Crippen molar-refractivity contribution in [1.82, 2.24) is 15.1 Å². The van der Waals surface area contributed by atoms with Crippen LogP contribution in [-0.4, -0.2) is 78.2 Å². The second kappa shape index (κ2) is 5.04. The molecule has 0 spiro atoms. The molecule has 0 aromatic heterocycles. The molecule has 8 nitrogen and oxygen atoms in total. The highest BCUT2D eigenvalue weighted by molar-refractivity contribution is 5.89. The summed E-state index contributed by atoms with van der Waals surface area (Å²) in [6.45, 7) is 1.07. The van der Waals surface area contributed by atoms with E-state index in [0.29, 0.717) is 19.7 Å². The highest BCUT2D eigenvalue weighted by atomic mass is 16.5. The van der Waals surface area contributed by atoms with E-state index in [1.807, 2.05) is 0 Å². The lowest BCUT2D eigenvalue weighted by Crippen LogP contribution is -2.61. The van der Waals surface area contributed by atoms with Gasteiger partial charge in [-0.15, -0.1) is 0 Å². The first-order chi connectivity index (χ1) is 8.94. The number of carbonyl (C=O) groups excluding carboxylic acids is 2. The van der Waals surface area contributed by atoms with Crippen LogP contribution in [0.25, 0.3) is 0 Å². The fraction of sp³-hybridized carbons (Fsp3) is 0.727. The maximum atomic E-state index is 12.0. The molecule has 3 amide bonds. The number of hydrogen-bond acceptors (Lipinski definition) is 4. The molecular formula is C11H17N3O5. The van der Waals surface area contributed by atoms with Gasteiger partial charge in [0.05, 0.1) is 6.61 Å². The Bertz CT molecular complexity index is 405. The molecule has 8 heteroatoms. The van der Waals surface area contributed by atoms with Crippen LogP contribution >= 0.6 is 0 Å². The number of carboxylic acids is 1. The van der Waals surface area contributed by atoms with Gasteiger partial charge in [-0.25, -0.2) is 9.59 Å². The molecule has 0 radical (unpaired) electrons. The first-order valence-electron chi connectivity index (χ1n) is 6.07. The van der Waals surface area contributed by atoms with Gasteiger partial charge in [-0.05, 0) is 0 Å². The van der Waals surface area contributed by atoms with Crippen molar-refractivity contribution in [3.05, 3.63) is 0 Å². The predicted molar refractivity (Wildman–Crippen MR) is 63.5 cm³/mol. The number of rotatable bonds is 2. The zero-order valence-electron chi connectivity index (χ0n) is 10.7. The average molecular weight is 271 g/mol. The second-order valence-corrected chi connectivity index (χ2v) is 4.86. The maximum absolute atomic E-state index is 12.0. The minimum atomic E-state index is -1.37. The van der Waals surface area contributed by atoms with Crippen molar-refractivity contribution in [2.45, 2.75) is 12.0 Å². The van der Waals surface area contributed by atoms with Gasteiger partial charge in [0.1, 0.15) is 6.54 Å². The van der Waals surface area contributed by atoms with E-state index in [4.69, 9.17) is 4.74 Å². The van der Waals surface area contributed by atoms with Gasteiger partial charge < -0.3 is 25.0 Å². The van der Waals surface area contributed by atoms with E-state index in [-0.39, 0.29) is 25.5 Å². The summed E-state index contributed by atoms with van der Waals surface area (Å²) in [5, 5.41) is 11.7. The summed E-state index contributed by atoms with van der Waals surface area (Å²) in [4.78, 5) is 37.7. The summed E-state index contributed by atoms with van der Waals surface area (Å²) in [5.41, 5.74) is -1.37. The summed E-state index contributed by atoms with van der Waals surface area (Å²) in [5.74, 6) is -1.27. The van der Waals surface area contributed by atoms with Crippen molar-refractivity contribution in [3.63, 3.8) is 0 Å². The van der Waals surface area contributed by atoms with Gasteiger partial charge in [0.25, 0.3) is 0 Å². The van der Waals surface area contributed by atoms with E-state index < -0.39 is 17.5 Å². The Morgan fingerprint density at radius 2 is 2.16 bits per heavy atom. The lowest BCUT2D eigenvalue weighted by molar-refractivity contribution is -0.144. The molecule has 2 aliphatic rings. The Kier molecular flexibility index (Phi) is 3.61. The number of nitrogens with zero attached hydrogens (tertiary/aromatic N) is 2. The van der Waals surface area contributed by atoms with Crippen molar-refractivity contribution in [3.8, 4) is 0 Å². The quantitative estimate of drug-likeness (QED) is 0.651. The summed E-state index contributed by atoms with van der Waals surface area (Å²) in [7, 11) is 1.67. The van der Waals surface area contributed by atoms with Crippen LogP contribution in [0, 0.1) is 0 Å². The Hall–Kier alpha value is -1.83. The van der Waals surface area contributed by atoms with Gasteiger partial charge in [-0.1, -0.05) is 0 Å². The van der Waals surface area contributed by atoms with E-state index in [1.165, 1.54) is 9.80 Å². The highest BCUT2D eigenvalue weighted by Crippen LogP contribution is 2.19. The first kappa shape index (κ1) is 13.6. The SMILES string of the molecule is CN1CCN(C(=O)NC2(C(=O)O)CCOC2)CC1=O. The van der Waals surface area contributed by atoms with Crippen LogP contribution in [0.5, 0.6) is 0 Å². The van der Waals surface area contributed by atoms with Crippen molar-refractivity contribution >= 4 is 17.9 Å². The largest absolute Gasteiger partial charge is 0.479 e. The average Bonchev–Trinajstić information content (AvgIpc) is 2.82. The van der Waals surface area contributed by atoms with E-state index in [1.54, 1.807) is 7.05 Å². The van der Waals surface area contributed by atoms with Crippen LogP contribution in [0.2, 0.25) is 0 Å². The fourth-order valence-electron chi connectivity index (χ4n) is 2.10. The third-order valence-electron chi connectivity index (χ3n) is 3.52. The Morgan fingerprint density at radius 3 is 2.68 bits per heavy atom. The third kappa shape index (κ3) is 2.62. The summed E-state index contributed by atoms with van der Waals surface area (Å²) >= 11 is 0. The number of hydrogen-bond donors (Lipinski definition) is 2. The highest BCUT2D eigenvalue weighted by Gasteiger charge is 2.45. The van der Waals surface area contributed by atoms with Crippen LogP contribution in [0.4, 0.5) is 4.79 Å². The normalized spacial score (nSPS) is 27.5. The van der Waals surface area contributed by atoms with Gasteiger partial charge in [0.2, 0.25) is 5.91 Å². The number of likely N-dealkylation sites (N-methyl/N-ethyl adjacent to an activating group) is 1. The number of urea groups is 1. The predicted octanol–water partition coefficient (Wildman–Crippen LogP) is -1.29. The molecule has 2 heterocycles. The fourth-order valence-corrected chi connectivity index (χ4v) is 2.10. The number of ether oxygens (including phenoxy) is 1. The van der Waals surface area contributed by atoms with Crippen LogP contribution < -0.4 is 5.32 Å². The molecule has 2 rings (SSSR count). The van der Waals surface area contributed by atoms with Gasteiger partial charge in [0, 0.05) is 33.2 Å². The molecule has 2 aliphatic heterocycles. The Balaban J connectivity index is 2.00. The van der Waals surface area contributed by atoms with Crippen molar-refractivity contribution in [1.29, 1.82) is 0 Å². The number of carbonyl (C=O) groups is 3. The lowest BCUT2D eigenvalue weighted by atomic mass is 9.99. The first-order valence-corrected chi connectivity index (χ1v) is 6.07. The molecule has 0 aliphatic carbocycles. The number of nitrogens with one attached hydrogen (secondary N) is 1. The molecule has 0 bridgehead atoms. The zero-order chi connectivity index (χ0) is 14.0. The van der Waals surface area contributed by atoms with E-state index in [2.05, 4.69) is 5.32 Å². The Morgan fingerprint density at radius 1 is 1.42 bits per heavy atom. The second-order valence-electron chi connectivity index (χ2n) is 4.86. The number of aliphatic carboxylic acids is 1. The number of amides is 3. The molecule has 2 saturated heterocycles. The molecule has 2 N–H and O–H groups in total. The van der Waals surface area contributed by atoms with Crippen molar-refractivity contribution in [2.24, 2.45) is 0 Å². The van der Waals surface area contributed by atoms with Gasteiger partial charge >= 0.3 is 12.0 Å². The van der Waals surface area contributed by atoms with E-state index in [9.17, 15) is 19.5 Å². The number of carboxylic acid groups (broad SMARTS) is 1. The molecule has 0 aromatic rings. The summed E-state index contributed by atoms with van der Waals surface area (Å²) in [6.07, 6.45) is 0.232. The molecule has 1 unspecified atom stereocenters. The summed E-state index contributed by atoms with van der Waals surface area (Å²) < 4.78 is 5.06. The van der Waals surface area contributed by atoms with Gasteiger partial charge in [-0.2, -0.15) is 0 Å². The third-order valence-corrected chi connectivity index (χ3v) is 3.52. The monoisotopic (exact) mass is 271 g/mol. The molecule has 0 saturated carbocycles. The molecule has 1 atom stereocenters. The van der Waals surface area contributed by atoms with Crippen LogP contribution in [-0.2, 0) is 14.3 Å². The molecule has 19 heavy (non-hydrogen) atoms. The van der Waals surface area contributed by atoms with E-state index >= 15 is 0 Å². The number of piperazine rings is 1. The molecule has 0 aromatic carbocycles. The van der Waals surface area contributed by atoms with Crippen molar-refractivity contribution in [2.75, 3.05) is 39.9 Å². The Labute approximate surface area is 110 Å². The van der Waals surface area contributed by atoms with Gasteiger partial charge in [-0.3, -0.25) is 4.79 Å². The smallest absolute Gasteiger partial charge is 0.332 e. The minimum Gasteiger partial charge on any atom is -0.479 e. The van der Waals surface area contributed by atoms with Crippen LogP contribution in [0.1, 0.15) is 6.42 Å². The van der Waals surface area contributed by atoms with Crippen LogP contribution in [0.15, 0.2) is 0 Å². The molecular weight excluding hydrogens is 254 g/mol. The van der Waals surface area contributed by atoms with Crippen molar-refractivity contribution < 1.29 is 24.2 Å². The van der Waals surface area contributed by atoms with E-state index in [0.717, 1.165) is 0 Å². The molecule has 2 fully saturated rings. The summed E-state index contributed by atoms with van der Waals surface area (Å²) in [6, 6.07) is -0.533. The lowest BCUT2D eigenvalue weighted by Gasteiger charge is -2.34. The topological polar surface area (TPSA) is 99.2 Å². The standard InChI is InChI=1S/C11H17N3O5/c1-13-3-4-14(6-8(13)15)10(18)12-11(9(16)17)2-5-19-7-11/h2-7H2,1H3,(H,12,18)(H,16,17). The maximum Gasteiger partial charge on any atom is 0.332 e. The molecule has 106 valence electrons. The van der Waals surface area contributed by atoms with Gasteiger partial charge in [0.15, 0.2) is 5.54 Å².